The van der Waals surface area contributed by atoms with E-state index >= 15 is 0 Å². The fourth-order valence-electron chi connectivity index (χ4n) is 4.96. The van der Waals surface area contributed by atoms with E-state index in [0.29, 0.717) is 28.7 Å². The second kappa shape index (κ2) is 11.0. The maximum atomic E-state index is 13.3. The molecular formula is C24H28Cl2N6O4S. The van der Waals surface area contributed by atoms with Crippen LogP contribution >= 0.6 is 35.3 Å². The van der Waals surface area contributed by atoms with Crippen molar-refractivity contribution in [3.05, 3.63) is 50.6 Å². The first kappa shape index (κ1) is 27.3. The molecule has 198 valence electrons. The maximum Gasteiger partial charge on any atom is 0.305 e. The van der Waals surface area contributed by atoms with Crippen molar-refractivity contribution in [3.63, 3.8) is 0 Å². The zero-order chi connectivity index (χ0) is 25.4. The number of aliphatic carboxylic acids is 1. The summed E-state index contributed by atoms with van der Waals surface area (Å²) in [6, 6.07) is 6.37. The van der Waals surface area contributed by atoms with E-state index in [0.717, 1.165) is 41.0 Å². The third-order valence-electron chi connectivity index (χ3n) is 6.80. The summed E-state index contributed by atoms with van der Waals surface area (Å²) in [7, 11) is 2.02. The molecule has 5 N–H and O–H groups in total. The molecule has 2 aromatic heterocycles. The van der Waals surface area contributed by atoms with Crippen LogP contribution in [0.3, 0.4) is 0 Å². The number of nitrogens with one attached hydrogen (secondary N) is 4. The Bertz CT molecular complexity index is 1340. The van der Waals surface area contributed by atoms with E-state index in [1.54, 1.807) is 24.3 Å². The fraction of sp³-hybridized carbons (Fsp3) is 0.417. The Morgan fingerprint density at radius 3 is 2.89 bits per heavy atom. The normalized spacial score (nSPS) is 21.6. The second-order valence-electron chi connectivity index (χ2n) is 9.46. The number of fused-ring (bicyclic) bond motifs is 2. The summed E-state index contributed by atoms with van der Waals surface area (Å²) in [6.45, 7) is 2.38. The van der Waals surface area contributed by atoms with Gasteiger partial charge in [0.25, 0.3) is 11.8 Å². The molecule has 1 aromatic carbocycles. The van der Waals surface area contributed by atoms with Gasteiger partial charge in [0.1, 0.15) is 5.69 Å². The number of likely N-dealkylation sites (N-methyl/N-ethyl adjacent to an activating group) is 1. The molecule has 37 heavy (non-hydrogen) atoms. The number of aromatic amines is 1. The molecule has 0 bridgehead atoms. The number of aromatic nitrogens is 2. The van der Waals surface area contributed by atoms with E-state index in [1.165, 1.54) is 11.3 Å². The van der Waals surface area contributed by atoms with E-state index in [9.17, 15) is 19.5 Å². The van der Waals surface area contributed by atoms with Crippen molar-refractivity contribution < 1.29 is 19.5 Å². The lowest BCUT2D eigenvalue weighted by Gasteiger charge is -2.44. The average molecular weight is 567 g/mol. The van der Waals surface area contributed by atoms with E-state index in [1.807, 2.05) is 7.05 Å². The number of amides is 2. The summed E-state index contributed by atoms with van der Waals surface area (Å²) >= 11 is 7.40. The minimum absolute atomic E-state index is 0. The van der Waals surface area contributed by atoms with Crippen LogP contribution in [-0.2, 0) is 17.8 Å². The molecule has 0 saturated carbocycles. The van der Waals surface area contributed by atoms with Crippen LogP contribution in [0.4, 0.5) is 0 Å². The standard InChI is InChI=1S/C24H27ClN6O4S.ClH/c1-31-7-5-16-18(11-31)36-23(28-16)22(35)30-24(10-20(32)33)12-26-6-4-19(24)29-21(34)17-9-13-8-14(25)2-3-15(13)27-17;/h2-3,8-9,19,26-27H,4-7,10-12H2,1H3,(H,29,34)(H,30,35)(H,32,33);1H. The Morgan fingerprint density at radius 1 is 1.30 bits per heavy atom. The number of nitrogens with zero attached hydrogens (tertiary/aromatic N) is 2. The van der Waals surface area contributed by atoms with Crippen LogP contribution in [0.25, 0.3) is 10.9 Å². The monoisotopic (exact) mass is 566 g/mol. The van der Waals surface area contributed by atoms with Gasteiger partial charge >= 0.3 is 5.97 Å². The molecule has 2 atom stereocenters. The SMILES string of the molecule is CN1CCc2nc(C(=O)NC3(CC(=O)O)CNCCC3NC(=O)c3cc4cc(Cl)ccc4[nH]3)sc2C1.Cl. The van der Waals surface area contributed by atoms with Gasteiger partial charge in [-0.1, -0.05) is 11.6 Å². The van der Waals surface area contributed by atoms with Crippen LogP contribution in [0.2, 0.25) is 5.02 Å². The molecule has 5 rings (SSSR count). The number of carbonyl (C=O) groups excluding carboxylic acids is 2. The van der Waals surface area contributed by atoms with Crippen molar-refractivity contribution in [2.45, 2.75) is 37.4 Å². The molecule has 4 heterocycles. The van der Waals surface area contributed by atoms with Crippen molar-refractivity contribution in [1.82, 2.24) is 30.8 Å². The first-order valence-electron chi connectivity index (χ1n) is 11.7. The molecule has 2 unspecified atom stereocenters. The maximum absolute atomic E-state index is 13.3. The van der Waals surface area contributed by atoms with Crippen LogP contribution in [0.15, 0.2) is 24.3 Å². The van der Waals surface area contributed by atoms with E-state index in [-0.39, 0.29) is 31.3 Å². The van der Waals surface area contributed by atoms with Gasteiger partial charge in [-0.3, -0.25) is 14.4 Å². The molecule has 3 aromatic rings. The summed E-state index contributed by atoms with van der Waals surface area (Å²) < 4.78 is 0. The predicted molar refractivity (Wildman–Crippen MR) is 144 cm³/mol. The molecule has 1 saturated heterocycles. The summed E-state index contributed by atoms with van der Waals surface area (Å²) in [5.41, 5.74) is 0.784. The average Bonchev–Trinajstić information content (AvgIpc) is 3.43. The van der Waals surface area contributed by atoms with Crippen molar-refractivity contribution in [2.24, 2.45) is 0 Å². The van der Waals surface area contributed by atoms with E-state index in [4.69, 9.17) is 11.6 Å². The van der Waals surface area contributed by atoms with Crippen molar-refractivity contribution in [3.8, 4) is 0 Å². The summed E-state index contributed by atoms with van der Waals surface area (Å²) in [4.78, 5) is 49.2. The molecule has 2 amide bonds. The number of carboxylic acids is 1. The number of rotatable bonds is 6. The van der Waals surface area contributed by atoms with Crippen molar-refractivity contribution in [2.75, 3.05) is 26.7 Å². The topological polar surface area (TPSA) is 139 Å². The first-order chi connectivity index (χ1) is 17.2. The van der Waals surface area contributed by atoms with Gasteiger partial charge in [-0.15, -0.1) is 23.7 Å². The van der Waals surface area contributed by atoms with Gasteiger partial charge in [-0.05, 0) is 44.3 Å². The summed E-state index contributed by atoms with van der Waals surface area (Å²) in [5, 5.41) is 20.5. The lowest BCUT2D eigenvalue weighted by atomic mass is 9.81. The van der Waals surface area contributed by atoms with E-state index in [2.05, 4.69) is 30.8 Å². The Kier molecular flexibility index (Phi) is 8.10. The van der Waals surface area contributed by atoms with Crippen molar-refractivity contribution in [1.29, 1.82) is 0 Å². The number of piperidine rings is 1. The van der Waals surface area contributed by atoms with Gasteiger partial charge in [-0.2, -0.15) is 0 Å². The molecule has 2 aliphatic rings. The van der Waals surface area contributed by atoms with Crippen LogP contribution in [-0.4, -0.2) is 76.0 Å². The number of carboxylic acid groups (broad SMARTS) is 1. The van der Waals surface area contributed by atoms with Gasteiger partial charge in [0.2, 0.25) is 0 Å². The molecule has 2 aliphatic heterocycles. The number of hydrogen-bond acceptors (Lipinski definition) is 7. The Labute approximate surface area is 228 Å². The number of benzene rings is 1. The Morgan fingerprint density at radius 2 is 2.11 bits per heavy atom. The Balaban J connectivity index is 0.00000320. The fourth-order valence-corrected chi connectivity index (χ4v) is 6.22. The van der Waals surface area contributed by atoms with Gasteiger partial charge in [-0.25, -0.2) is 4.98 Å². The minimum Gasteiger partial charge on any atom is -0.481 e. The predicted octanol–water partition coefficient (Wildman–Crippen LogP) is 2.42. The highest BCUT2D eigenvalue weighted by Gasteiger charge is 2.45. The van der Waals surface area contributed by atoms with Crippen molar-refractivity contribution >= 4 is 64.0 Å². The highest BCUT2D eigenvalue weighted by molar-refractivity contribution is 7.13. The van der Waals surface area contributed by atoms with E-state index < -0.39 is 23.5 Å². The molecule has 0 aliphatic carbocycles. The molecule has 1 fully saturated rings. The molecular weight excluding hydrogens is 539 g/mol. The highest BCUT2D eigenvalue weighted by Crippen LogP contribution is 2.27. The van der Waals surface area contributed by atoms with Gasteiger partial charge < -0.3 is 30.9 Å². The lowest BCUT2D eigenvalue weighted by Crippen LogP contribution is -2.70. The number of hydrogen-bond donors (Lipinski definition) is 5. The third kappa shape index (κ3) is 5.75. The largest absolute Gasteiger partial charge is 0.481 e. The number of halogens is 2. The zero-order valence-corrected chi connectivity index (χ0v) is 22.5. The van der Waals surface area contributed by atoms with Crippen LogP contribution in [0, 0.1) is 0 Å². The number of H-pyrrole nitrogens is 1. The van der Waals surface area contributed by atoms with Crippen LogP contribution < -0.4 is 16.0 Å². The second-order valence-corrected chi connectivity index (χ2v) is 11.0. The first-order valence-corrected chi connectivity index (χ1v) is 12.9. The number of thiazole rings is 1. The quantitative estimate of drug-likeness (QED) is 0.308. The molecule has 0 spiro atoms. The minimum atomic E-state index is -1.23. The zero-order valence-electron chi connectivity index (χ0n) is 20.1. The molecule has 10 nitrogen and oxygen atoms in total. The summed E-state index contributed by atoms with van der Waals surface area (Å²) in [6.07, 6.45) is 0.864. The van der Waals surface area contributed by atoms with Gasteiger partial charge in [0.15, 0.2) is 5.01 Å². The molecule has 0 radical (unpaired) electrons. The lowest BCUT2D eigenvalue weighted by molar-refractivity contribution is -0.139. The number of carbonyl (C=O) groups is 3. The highest BCUT2D eigenvalue weighted by atomic mass is 35.5. The Hall–Kier alpha value is -2.70. The summed E-state index contributed by atoms with van der Waals surface area (Å²) in [5.74, 6) is -1.88. The van der Waals surface area contributed by atoms with Crippen LogP contribution in [0.1, 0.15) is 43.7 Å². The molecule has 13 heteroatoms. The van der Waals surface area contributed by atoms with Crippen LogP contribution in [0.5, 0.6) is 0 Å². The smallest absolute Gasteiger partial charge is 0.305 e. The van der Waals surface area contributed by atoms with Gasteiger partial charge in [0.05, 0.1) is 23.7 Å². The van der Waals surface area contributed by atoms with Gasteiger partial charge in [0, 0.05) is 46.9 Å². The third-order valence-corrected chi connectivity index (χ3v) is 8.11.